The molecule has 0 bridgehead atoms. The Morgan fingerprint density at radius 3 is 2.38 bits per heavy atom. The van der Waals surface area contributed by atoms with E-state index in [-0.39, 0.29) is 18.7 Å². The van der Waals surface area contributed by atoms with Gasteiger partial charge in [0, 0.05) is 29.2 Å². The Morgan fingerprint density at radius 1 is 0.844 bits per heavy atom. The molecule has 1 N–H and O–H groups in total. The molecule has 5 rings (SSSR count). The SMILES string of the molecule is O=c1c2ccccc2nc(/C=C/c2cn(Cc3ccccc3)c3ccccc23)n1CCO. The fraction of sp³-hybridized carbons (Fsp3) is 0.111. The minimum absolute atomic E-state index is 0.128. The predicted molar refractivity (Wildman–Crippen MR) is 129 cm³/mol. The zero-order valence-electron chi connectivity index (χ0n) is 17.6. The quantitative estimate of drug-likeness (QED) is 0.437. The summed E-state index contributed by atoms with van der Waals surface area (Å²) in [4.78, 5) is 17.6. The molecular weight excluding hydrogens is 398 g/mol. The Bertz CT molecular complexity index is 1480. The van der Waals surface area contributed by atoms with Crippen molar-refractivity contribution in [2.75, 3.05) is 6.61 Å². The molecule has 5 heteroatoms. The number of benzene rings is 3. The molecule has 5 nitrogen and oxygen atoms in total. The summed E-state index contributed by atoms with van der Waals surface area (Å²) in [6.07, 6.45) is 5.98. The number of fused-ring (bicyclic) bond motifs is 2. The summed E-state index contributed by atoms with van der Waals surface area (Å²) in [5.41, 5.74) is 3.94. The van der Waals surface area contributed by atoms with Gasteiger partial charge in [-0.05, 0) is 35.9 Å². The first-order chi connectivity index (χ1) is 15.7. The van der Waals surface area contributed by atoms with E-state index in [4.69, 9.17) is 0 Å². The predicted octanol–water partition coefficient (Wildman–Crippen LogP) is 4.56. The van der Waals surface area contributed by atoms with Crippen molar-refractivity contribution in [3.8, 4) is 0 Å². The molecule has 0 saturated heterocycles. The van der Waals surface area contributed by atoms with Gasteiger partial charge in [-0.15, -0.1) is 0 Å². The van der Waals surface area contributed by atoms with Crippen LogP contribution in [0.4, 0.5) is 0 Å². The zero-order chi connectivity index (χ0) is 21.9. The number of rotatable bonds is 6. The highest BCUT2D eigenvalue weighted by Gasteiger charge is 2.10. The van der Waals surface area contributed by atoms with Crippen molar-refractivity contribution in [1.29, 1.82) is 0 Å². The average molecular weight is 422 g/mol. The number of nitrogens with zero attached hydrogens (tertiary/aromatic N) is 3. The summed E-state index contributed by atoms with van der Waals surface area (Å²) >= 11 is 0. The maximum Gasteiger partial charge on any atom is 0.261 e. The van der Waals surface area contributed by atoms with Crippen LogP contribution >= 0.6 is 0 Å². The number of hydrogen-bond donors (Lipinski definition) is 1. The molecule has 0 radical (unpaired) electrons. The maximum atomic E-state index is 12.9. The molecule has 5 aromatic rings. The molecule has 2 aromatic heterocycles. The van der Waals surface area contributed by atoms with Crippen molar-refractivity contribution in [2.45, 2.75) is 13.1 Å². The van der Waals surface area contributed by atoms with Crippen molar-refractivity contribution < 1.29 is 5.11 Å². The summed E-state index contributed by atoms with van der Waals surface area (Å²) in [7, 11) is 0. The summed E-state index contributed by atoms with van der Waals surface area (Å²) in [6.45, 7) is 0.849. The van der Waals surface area contributed by atoms with Crippen LogP contribution in [0.15, 0.2) is 89.9 Å². The Balaban J connectivity index is 1.59. The summed E-state index contributed by atoms with van der Waals surface area (Å²) in [5.74, 6) is 0.530. The summed E-state index contributed by atoms with van der Waals surface area (Å²) in [6, 6.07) is 26.0. The minimum Gasteiger partial charge on any atom is -0.395 e. The standard InChI is InChI=1S/C27H23N3O2/c31-17-16-30-26(28-24-12-6-4-11-23(24)27(30)32)15-14-21-19-29(18-20-8-2-1-3-9-20)25-13-7-5-10-22(21)25/h1-15,19,31H,16-18H2/b15-14+. The van der Waals surface area contributed by atoms with E-state index in [1.54, 1.807) is 6.07 Å². The first-order valence-corrected chi connectivity index (χ1v) is 10.6. The van der Waals surface area contributed by atoms with Crippen molar-refractivity contribution in [2.24, 2.45) is 0 Å². The van der Waals surface area contributed by atoms with E-state index in [1.807, 2.05) is 60.7 Å². The molecule has 2 heterocycles. The minimum atomic E-state index is -0.143. The highest BCUT2D eigenvalue weighted by Crippen LogP contribution is 2.24. The van der Waals surface area contributed by atoms with E-state index in [9.17, 15) is 9.90 Å². The highest BCUT2D eigenvalue weighted by atomic mass is 16.3. The van der Waals surface area contributed by atoms with Gasteiger partial charge in [-0.1, -0.05) is 60.7 Å². The number of aliphatic hydroxyl groups excluding tert-OH is 1. The number of hydrogen-bond acceptors (Lipinski definition) is 3. The van der Waals surface area contributed by atoms with Gasteiger partial charge in [0.15, 0.2) is 0 Å². The van der Waals surface area contributed by atoms with Crippen molar-refractivity contribution in [1.82, 2.24) is 14.1 Å². The second-order valence-corrected chi connectivity index (χ2v) is 7.72. The number of aromatic nitrogens is 3. The van der Waals surface area contributed by atoms with Crippen LogP contribution in [0.3, 0.4) is 0 Å². The van der Waals surface area contributed by atoms with Gasteiger partial charge in [0.25, 0.3) is 5.56 Å². The lowest BCUT2D eigenvalue weighted by atomic mass is 10.1. The Morgan fingerprint density at radius 2 is 1.56 bits per heavy atom. The lowest BCUT2D eigenvalue weighted by Crippen LogP contribution is -2.25. The van der Waals surface area contributed by atoms with Gasteiger partial charge in [-0.3, -0.25) is 9.36 Å². The second kappa shape index (κ2) is 8.65. The van der Waals surface area contributed by atoms with Crippen LogP contribution in [0, 0.1) is 0 Å². The summed E-state index contributed by atoms with van der Waals surface area (Å²) < 4.78 is 3.76. The van der Waals surface area contributed by atoms with Gasteiger partial charge in [-0.2, -0.15) is 0 Å². The third-order valence-corrected chi connectivity index (χ3v) is 5.64. The van der Waals surface area contributed by atoms with Crippen LogP contribution in [0.2, 0.25) is 0 Å². The van der Waals surface area contributed by atoms with Crippen LogP contribution in [0.25, 0.3) is 34.0 Å². The zero-order valence-corrected chi connectivity index (χ0v) is 17.6. The molecule has 0 aliphatic heterocycles. The fourth-order valence-electron chi connectivity index (χ4n) is 4.11. The first-order valence-electron chi connectivity index (χ1n) is 10.6. The van der Waals surface area contributed by atoms with Gasteiger partial charge in [0.1, 0.15) is 5.82 Å². The van der Waals surface area contributed by atoms with E-state index in [2.05, 4.69) is 40.0 Å². The van der Waals surface area contributed by atoms with Crippen LogP contribution < -0.4 is 5.56 Å². The van der Waals surface area contributed by atoms with E-state index in [0.717, 1.165) is 23.0 Å². The summed E-state index contributed by atoms with van der Waals surface area (Å²) in [5, 5.41) is 11.2. The molecule has 0 unspecified atom stereocenters. The van der Waals surface area contributed by atoms with E-state index in [0.29, 0.717) is 16.7 Å². The second-order valence-electron chi connectivity index (χ2n) is 7.72. The molecule has 0 saturated carbocycles. The Hall–Kier alpha value is -3.96. The number of para-hydroxylation sites is 2. The lowest BCUT2D eigenvalue weighted by Gasteiger charge is -2.09. The molecule has 0 fully saturated rings. The first kappa shape index (κ1) is 20.0. The average Bonchev–Trinajstić information content (AvgIpc) is 3.18. The van der Waals surface area contributed by atoms with E-state index >= 15 is 0 Å². The largest absolute Gasteiger partial charge is 0.395 e. The Kier molecular flexibility index (Phi) is 5.40. The molecular formula is C27H23N3O2. The van der Waals surface area contributed by atoms with Crippen molar-refractivity contribution in [3.63, 3.8) is 0 Å². The molecule has 0 amide bonds. The lowest BCUT2D eigenvalue weighted by molar-refractivity contribution is 0.273. The van der Waals surface area contributed by atoms with Crippen molar-refractivity contribution in [3.05, 3.63) is 112 Å². The fourth-order valence-corrected chi connectivity index (χ4v) is 4.11. The van der Waals surface area contributed by atoms with Crippen LogP contribution in [0.5, 0.6) is 0 Å². The van der Waals surface area contributed by atoms with Crippen LogP contribution in [-0.4, -0.2) is 25.8 Å². The van der Waals surface area contributed by atoms with E-state index in [1.165, 1.54) is 10.1 Å². The van der Waals surface area contributed by atoms with Gasteiger partial charge < -0.3 is 9.67 Å². The molecule has 3 aromatic carbocycles. The van der Waals surface area contributed by atoms with Gasteiger partial charge in [-0.25, -0.2) is 4.98 Å². The van der Waals surface area contributed by atoms with Gasteiger partial charge >= 0.3 is 0 Å². The third-order valence-electron chi connectivity index (χ3n) is 5.64. The smallest absolute Gasteiger partial charge is 0.261 e. The van der Waals surface area contributed by atoms with Gasteiger partial charge in [0.05, 0.1) is 24.1 Å². The number of aliphatic hydroxyl groups is 1. The van der Waals surface area contributed by atoms with Gasteiger partial charge in [0.2, 0.25) is 0 Å². The molecule has 32 heavy (non-hydrogen) atoms. The van der Waals surface area contributed by atoms with Crippen LogP contribution in [-0.2, 0) is 13.1 Å². The molecule has 0 spiro atoms. The molecule has 0 aliphatic rings. The van der Waals surface area contributed by atoms with E-state index < -0.39 is 0 Å². The third kappa shape index (κ3) is 3.74. The maximum absolute atomic E-state index is 12.9. The normalized spacial score (nSPS) is 11.7. The van der Waals surface area contributed by atoms with Crippen LogP contribution in [0.1, 0.15) is 17.0 Å². The topological polar surface area (TPSA) is 60.0 Å². The molecule has 158 valence electrons. The van der Waals surface area contributed by atoms with Crippen molar-refractivity contribution >= 4 is 34.0 Å². The monoisotopic (exact) mass is 421 g/mol. The Labute approximate surface area is 185 Å². The highest BCUT2D eigenvalue weighted by molar-refractivity contribution is 5.92. The molecule has 0 atom stereocenters. The molecule has 0 aliphatic carbocycles.